The minimum Gasteiger partial charge on any atom is -0.478 e. The number of carboxylic acid groups (broad SMARTS) is 1. The molecule has 0 radical (unpaired) electrons. The van der Waals surface area contributed by atoms with Gasteiger partial charge in [-0.05, 0) is 31.2 Å². The molecule has 7 heteroatoms. The Morgan fingerprint density at radius 3 is 2.90 bits per heavy atom. The van der Waals surface area contributed by atoms with E-state index in [4.69, 9.17) is 16.3 Å². The van der Waals surface area contributed by atoms with E-state index in [1.54, 1.807) is 6.07 Å². The van der Waals surface area contributed by atoms with E-state index < -0.39 is 5.97 Å². The van der Waals surface area contributed by atoms with E-state index in [-0.39, 0.29) is 11.3 Å². The quantitative estimate of drug-likeness (QED) is 0.785. The third-order valence-electron chi connectivity index (χ3n) is 2.79. The minimum atomic E-state index is -1.11. The first kappa shape index (κ1) is 13.8. The fourth-order valence-corrected chi connectivity index (χ4v) is 2.91. The lowest BCUT2D eigenvalue weighted by molar-refractivity contribution is 0.0694. The Morgan fingerprint density at radius 2 is 2.14 bits per heavy atom. The summed E-state index contributed by atoms with van der Waals surface area (Å²) in [5, 5.41) is 10.3. The monoisotopic (exact) mass is 320 g/mol. The molecule has 3 aromatic rings. The Hall–Kier alpha value is -2.18. The van der Waals surface area contributed by atoms with E-state index in [9.17, 15) is 9.90 Å². The van der Waals surface area contributed by atoms with E-state index in [2.05, 4.69) is 9.97 Å². The molecule has 106 valence electrons. The fourth-order valence-electron chi connectivity index (χ4n) is 1.90. The van der Waals surface area contributed by atoms with Crippen molar-refractivity contribution in [2.75, 3.05) is 0 Å². The molecular formula is C14H9ClN2O3S. The van der Waals surface area contributed by atoms with Crippen LogP contribution in [0.3, 0.4) is 0 Å². The highest BCUT2D eigenvalue weighted by Gasteiger charge is 2.15. The highest BCUT2D eigenvalue weighted by atomic mass is 35.5. The molecule has 0 aliphatic carbocycles. The third-order valence-corrected chi connectivity index (χ3v) is 3.99. The number of nitrogens with zero attached hydrogens (tertiary/aromatic N) is 2. The van der Waals surface area contributed by atoms with Gasteiger partial charge in [0.2, 0.25) is 5.88 Å². The molecule has 0 aliphatic heterocycles. The zero-order chi connectivity index (χ0) is 15.0. The van der Waals surface area contributed by atoms with Gasteiger partial charge in [-0.2, -0.15) is 0 Å². The topological polar surface area (TPSA) is 72.3 Å². The second-order valence-corrected chi connectivity index (χ2v) is 5.97. The Bertz CT molecular complexity index is 847. The van der Waals surface area contributed by atoms with Crippen LogP contribution in [0.2, 0.25) is 5.02 Å². The molecule has 0 spiro atoms. The standard InChI is InChI=1S/C14H9ClN2O3S/c1-7-4-10-12(16-6-17-13(10)21-7)20-11-3-2-8(15)5-9(11)14(18)19/h2-6H,1H3,(H,18,19). The number of carboxylic acids is 1. The molecule has 0 unspecified atom stereocenters. The van der Waals surface area contributed by atoms with Gasteiger partial charge in [0.05, 0.1) is 5.39 Å². The average molecular weight is 321 g/mol. The summed E-state index contributed by atoms with van der Waals surface area (Å²) in [6.45, 7) is 1.96. The maximum atomic E-state index is 11.3. The zero-order valence-corrected chi connectivity index (χ0v) is 12.4. The van der Waals surface area contributed by atoms with Crippen molar-refractivity contribution in [2.45, 2.75) is 6.92 Å². The van der Waals surface area contributed by atoms with Crippen LogP contribution in [0.5, 0.6) is 11.6 Å². The number of halogens is 1. The van der Waals surface area contributed by atoms with Crippen LogP contribution in [0.1, 0.15) is 15.2 Å². The molecule has 0 saturated carbocycles. The number of aromatic nitrogens is 2. The van der Waals surface area contributed by atoms with Crippen LogP contribution in [0.15, 0.2) is 30.6 Å². The number of benzene rings is 1. The van der Waals surface area contributed by atoms with Gasteiger partial charge in [0.1, 0.15) is 22.5 Å². The number of hydrogen-bond donors (Lipinski definition) is 1. The van der Waals surface area contributed by atoms with Crippen molar-refractivity contribution >= 4 is 39.1 Å². The predicted octanol–water partition coefficient (Wildman–Crippen LogP) is 4.14. The van der Waals surface area contributed by atoms with Crippen LogP contribution in [-0.4, -0.2) is 21.0 Å². The van der Waals surface area contributed by atoms with Gasteiger partial charge < -0.3 is 9.84 Å². The van der Waals surface area contributed by atoms with Crippen molar-refractivity contribution in [3.8, 4) is 11.6 Å². The van der Waals surface area contributed by atoms with Gasteiger partial charge in [-0.25, -0.2) is 14.8 Å². The first-order chi connectivity index (χ1) is 10.0. The normalized spacial score (nSPS) is 10.8. The summed E-state index contributed by atoms with van der Waals surface area (Å²) in [5.74, 6) is -0.593. The van der Waals surface area contributed by atoms with Gasteiger partial charge in [0.25, 0.3) is 0 Å². The molecule has 2 aromatic heterocycles. The van der Waals surface area contributed by atoms with Crippen molar-refractivity contribution in [1.29, 1.82) is 0 Å². The zero-order valence-electron chi connectivity index (χ0n) is 10.8. The van der Waals surface area contributed by atoms with Crippen molar-refractivity contribution in [2.24, 2.45) is 0 Å². The van der Waals surface area contributed by atoms with Crippen LogP contribution in [0, 0.1) is 6.92 Å². The maximum absolute atomic E-state index is 11.3. The number of fused-ring (bicyclic) bond motifs is 1. The minimum absolute atomic E-state index is 0.0128. The largest absolute Gasteiger partial charge is 0.478 e. The number of ether oxygens (including phenoxy) is 1. The van der Waals surface area contributed by atoms with Gasteiger partial charge in [0.15, 0.2) is 0 Å². The van der Waals surface area contributed by atoms with Crippen LogP contribution < -0.4 is 4.74 Å². The summed E-state index contributed by atoms with van der Waals surface area (Å²) >= 11 is 7.34. The smallest absolute Gasteiger partial charge is 0.339 e. The lowest BCUT2D eigenvalue weighted by Gasteiger charge is -2.08. The second-order valence-electron chi connectivity index (χ2n) is 4.30. The van der Waals surface area contributed by atoms with Crippen LogP contribution >= 0.6 is 22.9 Å². The van der Waals surface area contributed by atoms with Crippen LogP contribution in [0.4, 0.5) is 0 Å². The second kappa shape index (κ2) is 5.31. The molecule has 1 N–H and O–H groups in total. The summed E-state index contributed by atoms with van der Waals surface area (Å²) in [7, 11) is 0. The molecule has 0 amide bonds. The van der Waals surface area contributed by atoms with E-state index in [1.165, 1.54) is 29.8 Å². The Labute approximate surface area is 128 Å². The van der Waals surface area contributed by atoms with Crippen LogP contribution in [-0.2, 0) is 0 Å². The van der Waals surface area contributed by atoms with Crippen molar-refractivity contribution < 1.29 is 14.6 Å². The molecular weight excluding hydrogens is 312 g/mol. The number of thiophene rings is 1. The Kier molecular flexibility index (Phi) is 3.48. The molecule has 2 heterocycles. The lowest BCUT2D eigenvalue weighted by atomic mass is 10.2. The maximum Gasteiger partial charge on any atom is 0.339 e. The third kappa shape index (κ3) is 2.68. The molecule has 0 fully saturated rings. The number of rotatable bonds is 3. The van der Waals surface area contributed by atoms with Gasteiger partial charge in [0, 0.05) is 9.90 Å². The van der Waals surface area contributed by atoms with Crippen molar-refractivity contribution in [3.63, 3.8) is 0 Å². The molecule has 5 nitrogen and oxygen atoms in total. The van der Waals surface area contributed by atoms with Crippen LogP contribution in [0.25, 0.3) is 10.2 Å². The summed E-state index contributed by atoms with van der Waals surface area (Å²) in [5.41, 5.74) is -0.0128. The molecule has 0 saturated heterocycles. The highest BCUT2D eigenvalue weighted by molar-refractivity contribution is 7.18. The van der Waals surface area contributed by atoms with E-state index in [0.717, 1.165) is 15.1 Å². The molecule has 0 aliphatic rings. The summed E-state index contributed by atoms with van der Waals surface area (Å²) in [6, 6.07) is 6.34. The van der Waals surface area contributed by atoms with Gasteiger partial charge in [-0.3, -0.25) is 0 Å². The van der Waals surface area contributed by atoms with Crippen molar-refractivity contribution in [1.82, 2.24) is 9.97 Å². The molecule has 0 atom stereocenters. The fraction of sp³-hybridized carbons (Fsp3) is 0.0714. The molecule has 0 bridgehead atoms. The summed E-state index contributed by atoms with van der Waals surface area (Å²) < 4.78 is 5.67. The summed E-state index contributed by atoms with van der Waals surface area (Å²) in [4.78, 5) is 21.4. The van der Waals surface area contributed by atoms with Gasteiger partial charge in [-0.15, -0.1) is 11.3 Å². The lowest BCUT2D eigenvalue weighted by Crippen LogP contribution is -2.00. The number of carbonyl (C=O) groups is 1. The highest BCUT2D eigenvalue weighted by Crippen LogP contribution is 2.33. The average Bonchev–Trinajstić information content (AvgIpc) is 2.82. The Balaban J connectivity index is 2.08. The van der Waals surface area contributed by atoms with E-state index in [0.29, 0.717) is 10.9 Å². The predicted molar refractivity (Wildman–Crippen MR) is 80.6 cm³/mol. The summed E-state index contributed by atoms with van der Waals surface area (Å²) in [6.07, 6.45) is 1.39. The number of hydrogen-bond acceptors (Lipinski definition) is 5. The SMILES string of the molecule is Cc1cc2c(Oc3ccc(Cl)cc3C(=O)O)ncnc2s1. The van der Waals surface area contributed by atoms with Gasteiger partial charge in [-0.1, -0.05) is 11.6 Å². The van der Waals surface area contributed by atoms with E-state index in [1.807, 2.05) is 13.0 Å². The van der Waals surface area contributed by atoms with Crippen molar-refractivity contribution in [3.05, 3.63) is 46.1 Å². The first-order valence-electron chi connectivity index (χ1n) is 5.96. The molecule has 21 heavy (non-hydrogen) atoms. The molecule has 1 aromatic carbocycles. The van der Waals surface area contributed by atoms with Gasteiger partial charge >= 0.3 is 5.97 Å². The van der Waals surface area contributed by atoms with E-state index >= 15 is 0 Å². The molecule has 3 rings (SSSR count). The first-order valence-corrected chi connectivity index (χ1v) is 7.16. The Morgan fingerprint density at radius 1 is 1.33 bits per heavy atom. The number of aromatic carboxylic acids is 1. The number of aryl methyl sites for hydroxylation is 1.